The van der Waals surface area contributed by atoms with Crippen LogP contribution in [-0.2, 0) is 13.3 Å². The minimum atomic E-state index is -1.87. The summed E-state index contributed by atoms with van der Waals surface area (Å²) in [5.74, 6) is 2.36. The largest absolute Gasteiger partial charge is 0.414 e. The molecule has 0 N–H and O–H groups in total. The van der Waals surface area contributed by atoms with Gasteiger partial charge in [-0.1, -0.05) is 91.5 Å². The van der Waals surface area contributed by atoms with Crippen LogP contribution in [-0.4, -0.2) is 42.8 Å². The van der Waals surface area contributed by atoms with Crippen LogP contribution >= 0.6 is 0 Å². The highest BCUT2D eigenvalue weighted by Gasteiger charge is 2.50. The summed E-state index contributed by atoms with van der Waals surface area (Å²) in [7, 11) is -5.27. The quantitative estimate of drug-likeness (QED) is 0.189. The molecule has 0 saturated heterocycles. The van der Waals surface area contributed by atoms with E-state index in [1.807, 2.05) is 0 Å². The lowest BCUT2D eigenvalue weighted by molar-refractivity contribution is 0.0718. The van der Waals surface area contributed by atoms with Crippen LogP contribution in [0.1, 0.15) is 140 Å². The molecule has 0 unspecified atom stereocenters. The van der Waals surface area contributed by atoms with E-state index in [1.54, 1.807) is 11.1 Å². The van der Waals surface area contributed by atoms with Crippen molar-refractivity contribution >= 4 is 25.0 Å². The minimum Gasteiger partial charge on any atom is -0.414 e. The lowest BCUT2D eigenvalue weighted by Gasteiger charge is -2.45. The molecule has 47 heavy (non-hydrogen) atoms. The molecule has 3 nitrogen and oxygen atoms in total. The molecule has 0 amide bonds. The van der Waals surface area contributed by atoms with Crippen LogP contribution in [0.2, 0.25) is 55.9 Å². The van der Waals surface area contributed by atoms with E-state index in [0.717, 1.165) is 37.0 Å². The van der Waals surface area contributed by atoms with Crippen molar-refractivity contribution in [2.45, 2.75) is 214 Å². The van der Waals surface area contributed by atoms with Crippen molar-refractivity contribution in [3.8, 4) is 0 Å². The van der Waals surface area contributed by atoms with Gasteiger partial charge in [0.25, 0.3) is 0 Å². The Morgan fingerprint density at radius 2 is 1.34 bits per heavy atom. The molecule has 274 valence electrons. The molecule has 0 spiro atoms. The van der Waals surface area contributed by atoms with Gasteiger partial charge in [-0.25, -0.2) is 0 Å². The third-order valence-corrected chi connectivity index (χ3v) is 23.6. The zero-order chi connectivity index (χ0) is 35.9. The third kappa shape index (κ3) is 11.0. The second kappa shape index (κ2) is 14.9. The molecule has 0 bridgehead atoms. The average Bonchev–Trinajstić information content (AvgIpc) is 3.21. The molecule has 0 aromatic rings. The molecule has 6 atom stereocenters. The van der Waals surface area contributed by atoms with Crippen molar-refractivity contribution < 1.29 is 13.3 Å². The van der Waals surface area contributed by atoms with Gasteiger partial charge in [-0.3, -0.25) is 0 Å². The van der Waals surface area contributed by atoms with Gasteiger partial charge < -0.3 is 13.3 Å². The van der Waals surface area contributed by atoms with E-state index in [2.05, 4.69) is 127 Å². The highest BCUT2D eigenvalue weighted by Crippen LogP contribution is 2.60. The summed E-state index contributed by atoms with van der Waals surface area (Å²) < 4.78 is 20.7. The van der Waals surface area contributed by atoms with E-state index in [9.17, 15) is 0 Å². The topological polar surface area (TPSA) is 27.7 Å². The van der Waals surface area contributed by atoms with Gasteiger partial charge in [-0.15, -0.1) is 0 Å². The molecule has 0 aromatic heterocycles. The Balaban J connectivity index is 1.77. The van der Waals surface area contributed by atoms with Crippen molar-refractivity contribution in [3.05, 3.63) is 23.3 Å². The summed E-state index contributed by atoms with van der Waals surface area (Å²) in [6.45, 7) is 40.7. The Morgan fingerprint density at radius 1 is 0.809 bits per heavy atom. The summed E-state index contributed by atoms with van der Waals surface area (Å²) in [4.78, 5) is 0. The van der Waals surface area contributed by atoms with Crippen LogP contribution in [0.3, 0.4) is 0 Å². The summed E-state index contributed by atoms with van der Waals surface area (Å²) >= 11 is 0. The Labute approximate surface area is 297 Å². The van der Waals surface area contributed by atoms with Crippen LogP contribution in [0.25, 0.3) is 0 Å². The number of hydrogen-bond donors (Lipinski definition) is 0. The van der Waals surface area contributed by atoms with Crippen molar-refractivity contribution in [3.63, 3.8) is 0 Å². The van der Waals surface area contributed by atoms with Crippen LogP contribution in [0.15, 0.2) is 23.3 Å². The number of fused-ring (bicyclic) bond motifs is 1. The monoisotopic (exact) mass is 705 g/mol. The van der Waals surface area contributed by atoms with Gasteiger partial charge in [-0.2, -0.15) is 0 Å². The Bertz CT molecular complexity index is 1060. The molecule has 0 heterocycles. The first kappa shape index (κ1) is 41.4. The Hall–Kier alpha value is 0.0106. The lowest BCUT2D eigenvalue weighted by Crippen LogP contribution is -2.48. The first-order chi connectivity index (χ1) is 21.2. The summed E-state index contributed by atoms with van der Waals surface area (Å²) in [6, 6.07) is 0. The maximum absolute atomic E-state index is 7.11. The zero-order valence-electron chi connectivity index (χ0n) is 34.5. The molecule has 3 aliphatic carbocycles. The van der Waals surface area contributed by atoms with Gasteiger partial charge >= 0.3 is 0 Å². The van der Waals surface area contributed by atoms with Crippen molar-refractivity contribution in [2.24, 2.45) is 23.2 Å². The van der Waals surface area contributed by atoms with Gasteiger partial charge in [0, 0.05) is 0 Å². The van der Waals surface area contributed by atoms with Gasteiger partial charge in [0.05, 0.1) is 17.8 Å². The molecule has 3 fully saturated rings. The average molecular weight is 705 g/mol. The highest BCUT2D eigenvalue weighted by molar-refractivity contribution is 6.74. The maximum Gasteiger partial charge on any atom is 0.192 e. The predicted octanol–water partition coefficient (Wildman–Crippen LogP) is 13.5. The predicted molar refractivity (Wildman–Crippen MR) is 214 cm³/mol. The summed E-state index contributed by atoms with van der Waals surface area (Å²) in [6.07, 6.45) is 19.4. The molecular weight excluding hydrogens is 625 g/mol. The zero-order valence-corrected chi connectivity index (χ0v) is 37.5. The van der Waals surface area contributed by atoms with Crippen LogP contribution in [0, 0.1) is 23.2 Å². The van der Waals surface area contributed by atoms with Gasteiger partial charge in [0.2, 0.25) is 0 Å². The molecule has 3 aliphatic rings. The van der Waals surface area contributed by atoms with Crippen molar-refractivity contribution in [1.82, 2.24) is 0 Å². The van der Waals surface area contributed by atoms with E-state index in [4.69, 9.17) is 13.3 Å². The molecule has 0 radical (unpaired) electrons. The normalized spacial score (nSPS) is 31.0. The molecule has 3 rings (SSSR count). The SMILES string of the molecule is C[C@H](CCCC(C)(C)O[Si](C)(C)C)[C@H]1CC[C@H]2/C(=C/C=C3\C[C@@H](O[Si](C)(C)C(C)(C)C)C[C@@H](O[Si](C)(C)C(C)(C)C)C3)CCC[C@]12C. The summed E-state index contributed by atoms with van der Waals surface area (Å²) in [5, 5.41) is 0.430. The fourth-order valence-electron chi connectivity index (χ4n) is 9.00. The molecule has 6 heteroatoms. The maximum atomic E-state index is 7.11. The van der Waals surface area contributed by atoms with Gasteiger partial charge in [-0.05, 0) is 151 Å². The van der Waals surface area contributed by atoms with E-state index < -0.39 is 25.0 Å². The molecule has 0 aromatic carbocycles. The molecular formula is C41H80O3Si3. The van der Waals surface area contributed by atoms with Crippen molar-refractivity contribution in [1.29, 1.82) is 0 Å². The number of rotatable bonds is 12. The fraction of sp³-hybridized carbons (Fsp3) is 0.902. The fourth-order valence-corrected chi connectivity index (χ4v) is 13.5. The van der Waals surface area contributed by atoms with E-state index in [1.165, 1.54) is 51.4 Å². The van der Waals surface area contributed by atoms with Gasteiger partial charge in [0.1, 0.15) is 0 Å². The van der Waals surface area contributed by atoms with Crippen LogP contribution < -0.4 is 0 Å². The van der Waals surface area contributed by atoms with E-state index >= 15 is 0 Å². The second-order valence-electron chi connectivity index (χ2n) is 21.2. The first-order valence-electron chi connectivity index (χ1n) is 19.6. The third-order valence-electron chi connectivity index (χ3n) is 13.3. The summed E-state index contributed by atoms with van der Waals surface area (Å²) in [5.41, 5.74) is 3.73. The first-order valence-corrected chi connectivity index (χ1v) is 28.8. The van der Waals surface area contributed by atoms with Crippen LogP contribution in [0.4, 0.5) is 0 Å². The smallest absolute Gasteiger partial charge is 0.192 e. The van der Waals surface area contributed by atoms with Gasteiger partial charge in [0.15, 0.2) is 25.0 Å². The van der Waals surface area contributed by atoms with Crippen LogP contribution in [0.5, 0.6) is 0 Å². The lowest BCUT2D eigenvalue weighted by atomic mass is 9.60. The second-order valence-corrected chi connectivity index (χ2v) is 35.1. The molecule has 0 aliphatic heterocycles. The Morgan fingerprint density at radius 3 is 1.83 bits per heavy atom. The van der Waals surface area contributed by atoms with Crippen molar-refractivity contribution in [2.75, 3.05) is 0 Å². The van der Waals surface area contributed by atoms with E-state index in [-0.39, 0.29) is 27.9 Å². The minimum absolute atomic E-state index is 0.00311. The van der Waals surface area contributed by atoms with E-state index in [0.29, 0.717) is 5.41 Å². The molecule has 3 saturated carbocycles. The standard InChI is InChI=1S/C41H80O3Si3/c1-31(20-18-26-40(8,9)44-45(11,12)13)36-24-25-37-33(21-19-27-41(36,37)10)23-22-32-28-34(42-46(14,15)38(2,3)4)30-35(29-32)43-47(16,17)39(5,6)7/h22-23,31,34-37H,18-21,24-30H2,1-17H3/b32-22-,33-23+/t31-,34+,35-,36-,37+,41-/m1/s1. The number of hydrogen-bond acceptors (Lipinski definition) is 3. The Kier molecular flexibility index (Phi) is 13.2. The highest BCUT2D eigenvalue weighted by atomic mass is 28.4. The number of allylic oxidation sites excluding steroid dienone is 3.